The van der Waals surface area contributed by atoms with Crippen molar-refractivity contribution < 1.29 is 13.6 Å². The summed E-state index contributed by atoms with van der Waals surface area (Å²) in [6.45, 7) is 7.68. The summed E-state index contributed by atoms with van der Waals surface area (Å²) in [4.78, 5) is 0. The first kappa shape index (κ1) is 19.2. The van der Waals surface area contributed by atoms with Gasteiger partial charge >= 0.3 is 7.60 Å². The van der Waals surface area contributed by atoms with Gasteiger partial charge in [0.1, 0.15) is 11.5 Å². The van der Waals surface area contributed by atoms with Crippen molar-refractivity contribution in [3.05, 3.63) is 57.6 Å². The Kier molecular flexibility index (Phi) is 6.25. The Labute approximate surface area is 153 Å². The van der Waals surface area contributed by atoms with Crippen molar-refractivity contribution in [3.63, 3.8) is 0 Å². The van der Waals surface area contributed by atoms with Crippen LogP contribution in [0, 0.1) is 19.8 Å². The van der Waals surface area contributed by atoms with Gasteiger partial charge in [-0.2, -0.15) is 0 Å². The largest absolute Gasteiger partial charge is 0.430 e. The molecular formula is C18H21Cl2O3P. The molecular weight excluding hydrogens is 366 g/mol. The number of hydrogen-bond donors (Lipinski definition) is 0. The van der Waals surface area contributed by atoms with Gasteiger partial charge in [-0.1, -0.05) is 37.0 Å². The van der Waals surface area contributed by atoms with Crippen LogP contribution in [0.5, 0.6) is 11.5 Å². The Balaban J connectivity index is 2.29. The maximum atomic E-state index is 13.2. The highest BCUT2D eigenvalue weighted by atomic mass is 35.5. The van der Waals surface area contributed by atoms with Gasteiger partial charge in [-0.15, -0.1) is 0 Å². The molecule has 0 radical (unpaired) electrons. The minimum Gasteiger partial charge on any atom is -0.416 e. The molecule has 0 amide bonds. The van der Waals surface area contributed by atoms with E-state index in [1.165, 1.54) is 0 Å². The van der Waals surface area contributed by atoms with E-state index in [0.29, 0.717) is 27.7 Å². The maximum absolute atomic E-state index is 13.2. The zero-order valence-corrected chi connectivity index (χ0v) is 16.6. The Morgan fingerprint density at radius 3 is 1.67 bits per heavy atom. The fraction of sp³-hybridized carbons (Fsp3) is 0.333. The van der Waals surface area contributed by atoms with E-state index < -0.39 is 7.60 Å². The molecule has 0 N–H and O–H groups in total. The lowest BCUT2D eigenvalue weighted by molar-refractivity contribution is 0.379. The lowest BCUT2D eigenvalue weighted by atomic mass is 10.2. The number of halogens is 2. The number of hydrogen-bond acceptors (Lipinski definition) is 3. The molecule has 0 heterocycles. The second-order valence-corrected chi connectivity index (χ2v) is 8.96. The van der Waals surface area contributed by atoms with E-state index in [9.17, 15) is 4.57 Å². The van der Waals surface area contributed by atoms with Gasteiger partial charge in [0.05, 0.1) is 6.16 Å². The summed E-state index contributed by atoms with van der Waals surface area (Å²) in [5, 5.41) is 1.27. The average Bonchev–Trinajstić information content (AvgIpc) is 2.46. The molecule has 0 bridgehead atoms. The molecule has 6 heteroatoms. The molecule has 0 aliphatic heterocycles. The van der Waals surface area contributed by atoms with E-state index in [0.717, 1.165) is 11.1 Å². The van der Waals surface area contributed by atoms with Gasteiger partial charge in [0.2, 0.25) is 0 Å². The van der Waals surface area contributed by atoms with Crippen LogP contribution >= 0.6 is 30.8 Å². The monoisotopic (exact) mass is 386 g/mol. The van der Waals surface area contributed by atoms with Crippen molar-refractivity contribution in [2.45, 2.75) is 27.7 Å². The quantitative estimate of drug-likeness (QED) is 0.505. The molecule has 2 aromatic rings. The molecule has 0 saturated heterocycles. The van der Waals surface area contributed by atoms with E-state index >= 15 is 0 Å². The lowest BCUT2D eigenvalue weighted by Crippen LogP contribution is -2.09. The van der Waals surface area contributed by atoms with Crippen LogP contribution in [0.15, 0.2) is 36.4 Å². The predicted octanol–water partition coefficient (Wildman–Crippen LogP) is 6.92. The molecule has 24 heavy (non-hydrogen) atoms. The van der Waals surface area contributed by atoms with Crippen molar-refractivity contribution in [2.24, 2.45) is 5.92 Å². The predicted molar refractivity (Wildman–Crippen MR) is 101 cm³/mol. The Hall–Kier alpha value is -1.15. The van der Waals surface area contributed by atoms with Crippen molar-refractivity contribution in [1.29, 1.82) is 0 Å². The Morgan fingerprint density at radius 2 is 1.33 bits per heavy atom. The normalized spacial score (nSPS) is 11.6. The molecule has 0 atom stereocenters. The first-order valence-corrected chi connectivity index (χ1v) is 10.2. The molecule has 130 valence electrons. The lowest BCUT2D eigenvalue weighted by Gasteiger charge is -2.22. The molecule has 0 spiro atoms. The highest BCUT2D eigenvalue weighted by Crippen LogP contribution is 2.50. The van der Waals surface area contributed by atoms with Crippen molar-refractivity contribution in [2.75, 3.05) is 6.16 Å². The van der Waals surface area contributed by atoms with E-state index in [4.69, 9.17) is 32.2 Å². The summed E-state index contributed by atoms with van der Waals surface area (Å²) >= 11 is 12.1. The van der Waals surface area contributed by atoms with Crippen LogP contribution in [0.1, 0.15) is 25.0 Å². The zero-order valence-electron chi connectivity index (χ0n) is 14.2. The molecule has 0 fully saturated rings. The summed E-state index contributed by atoms with van der Waals surface area (Å²) in [6, 6.07) is 10.3. The first-order chi connectivity index (χ1) is 11.2. The summed E-state index contributed by atoms with van der Waals surface area (Å²) < 4.78 is 24.8. The highest BCUT2D eigenvalue weighted by molar-refractivity contribution is 7.54. The van der Waals surface area contributed by atoms with Crippen LogP contribution in [0.4, 0.5) is 0 Å². The molecule has 2 rings (SSSR count). The van der Waals surface area contributed by atoms with Crippen molar-refractivity contribution in [1.82, 2.24) is 0 Å². The Morgan fingerprint density at radius 1 is 0.917 bits per heavy atom. The van der Waals surface area contributed by atoms with Crippen molar-refractivity contribution in [3.8, 4) is 11.5 Å². The number of aryl methyl sites for hydroxylation is 2. The summed E-state index contributed by atoms with van der Waals surface area (Å²) in [5.74, 6) is 1.11. The summed E-state index contributed by atoms with van der Waals surface area (Å²) in [6.07, 6.45) is 0.302. The van der Waals surface area contributed by atoms with E-state index in [-0.39, 0.29) is 5.92 Å². The minimum absolute atomic E-state index is 0.151. The van der Waals surface area contributed by atoms with Crippen LogP contribution < -0.4 is 9.05 Å². The average molecular weight is 387 g/mol. The molecule has 0 saturated carbocycles. The fourth-order valence-electron chi connectivity index (χ4n) is 2.21. The Bertz CT molecular complexity index is 717. The van der Waals surface area contributed by atoms with Crippen LogP contribution in [-0.4, -0.2) is 6.16 Å². The number of rotatable bonds is 6. The van der Waals surface area contributed by atoms with Crippen LogP contribution in [-0.2, 0) is 4.57 Å². The van der Waals surface area contributed by atoms with Gasteiger partial charge in [-0.3, -0.25) is 0 Å². The van der Waals surface area contributed by atoms with Gasteiger partial charge < -0.3 is 9.05 Å². The zero-order chi connectivity index (χ0) is 17.9. The van der Waals surface area contributed by atoms with E-state index in [1.807, 2.05) is 27.7 Å². The van der Waals surface area contributed by atoms with Crippen LogP contribution in [0.25, 0.3) is 0 Å². The van der Waals surface area contributed by atoms with Gasteiger partial charge in [-0.05, 0) is 67.3 Å². The SMILES string of the molecule is Cc1cc(OP(=O)(CC(C)C)Oc2ccc(Cl)c(C)c2)ccc1Cl. The summed E-state index contributed by atoms with van der Waals surface area (Å²) in [7, 11) is -3.38. The topological polar surface area (TPSA) is 35.5 Å². The smallest absolute Gasteiger partial charge is 0.416 e. The second kappa shape index (κ2) is 7.82. The standard InChI is InChI=1S/C18H21Cl2O3P/c1-12(2)11-24(21,22-15-5-7-17(19)13(3)9-15)23-16-6-8-18(20)14(4)10-16/h5-10,12H,11H2,1-4H3. The van der Waals surface area contributed by atoms with Gasteiger partial charge in [0.15, 0.2) is 0 Å². The third-order valence-corrected chi connectivity index (χ3v) is 6.34. The molecule has 0 unspecified atom stereocenters. The third kappa shape index (κ3) is 5.17. The van der Waals surface area contributed by atoms with Crippen LogP contribution in [0.2, 0.25) is 10.0 Å². The number of benzene rings is 2. The molecule has 2 aromatic carbocycles. The highest BCUT2D eigenvalue weighted by Gasteiger charge is 2.30. The fourth-order valence-corrected chi connectivity index (χ4v) is 4.39. The second-order valence-electron chi connectivity index (χ2n) is 6.19. The van der Waals surface area contributed by atoms with Gasteiger partial charge in [0, 0.05) is 10.0 Å². The summed E-state index contributed by atoms with van der Waals surface area (Å²) in [5.41, 5.74) is 1.71. The molecule has 3 nitrogen and oxygen atoms in total. The van der Waals surface area contributed by atoms with E-state index in [1.54, 1.807) is 36.4 Å². The minimum atomic E-state index is -3.38. The van der Waals surface area contributed by atoms with Crippen molar-refractivity contribution >= 4 is 30.8 Å². The maximum Gasteiger partial charge on any atom is 0.430 e. The molecule has 0 aliphatic carbocycles. The molecule has 0 aliphatic rings. The van der Waals surface area contributed by atoms with Crippen LogP contribution in [0.3, 0.4) is 0 Å². The van der Waals surface area contributed by atoms with E-state index in [2.05, 4.69) is 0 Å². The first-order valence-electron chi connectivity index (χ1n) is 7.69. The third-order valence-electron chi connectivity index (χ3n) is 3.34. The van der Waals surface area contributed by atoms with Gasteiger partial charge in [-0.25, -0.2) is 4.57 Å². The molecule has 0 aromatic heterocycles. The van der Waals surface area contributed by atoms with Gasteiger partial charge in [0.25, 0.3) is 0 Å².